The SMILES string of the molecule is O=S(=O)(c1cccc2cnccc12)N1CCCC(CCl)C1. The molecule has 1 aromatic heterocycles. The van der Waals surface area contributed by atoms with Crippen LogP contribution in [0.5, 0.6) is 0 Å². The van der Waals surface area contributed by atoms with Gasteiger partial charge in [0.25, 0.3) is 0 Å². The van der Waals surface area contributed by atoms with Gasteiger partial charge in [0.2, 0.25) is 10.0 Å². The lowest BCUT2D eigenvalue weighted by Gasteiger charge is -2.31. The van der Waals surface area contributed by atoms with Crippen molar-refractivity contribution in [2.75, 3.05) is 19.0 Å². The number of nitrogens with zero attached hydrogens (tertiary/aromatic N) is 2. The second-order valence-electron chi connectivity index (χ2n) is 5.38. The largest absolute Gasteiger partial charge is 0.264 e. The molecule has 0 radical (unpaired) electrons. The number of alkyl halides is 1. The highest BCUT2D eigenvalue weighted by Crippen LogP contribution is 2.28. The second kappa shape index (κ2) is 5.91. The average Bonchev–Trinajstić information content (AvgIpc) is 2.54. The van der Waals surface area contributed by atoms with Crippen LogP contribution in [-0.2, 0) is 10.0 Å². The molecule has 6 heteroatoms. The van der Waals surface area contributed by atoms with Crippen molar-refractivity contribution >= 4 is 32.4 Å². The molecule has 0 bridgehead atoms. The van der Waals surface area contributed by atoms with Crippen LogP contribution >= 0.6 is 11.6 Å². The van der Waals surface area contributed by atoms with Crippen LogP contribution < -0.4 is 0 Å². The van der Waals surface area contributed by atoms with Gasteiger partial charge in [-0.1, -0.05) is 12.1 Å². The van der Waals surface area contributed by atoms with Gasteiger partial charge in [-0.25, -0.2) is 8.42 Å². The molecule has 21 heavy (non-hydrogen) atoms. The minimum Gasteiger partial charge on any atom is -0.264 e. The molecule has 0 amide bonds. The van der Waals surface area contributed by atoms with Gasteiger partial charge in [0.15, 0.2) is 0 Å². The highest BCUT2D eigenvalue weighted by molar-refractivity contribution is 7.89. The number of halogens is 1. The summed E-state index contributed by atoms with van der Waals surface area (Å²) in [6.07, 6.45) is 5.17. The van der Waals surface area contributed by atoms with Crippen molar-refractivity contribution in [1.82, 2.24) is 9.29 Å². The number of hydrogen-bond donors (Lipinski definition) is 0. The van der Waals surface area contributed by atoms with Gasteiger partial charge in [0, 0.05) is 42.1 Å². The lowest BCUT2D eigenvalue weighted by Crippen LogP contribution is -2.40. The first kappa shape index (κ1) is 14.8. The van der Waals surface area contributed by atoms with Crippen LogP contribution in [0.1, 0.15) is 12.8 Å². The molecule has 0 spiro atoms. The molecule has 1 fully saturated rings. The highest BCUT2D eigenvalue weighted by Gasteiger charge is 2.30. The molecule has 0 aliphatic carbocycles. The van der Waals surface area contributed by atoms with Gasteiger partial charge in [0.1, 0.15) is 0 Å². The minimum atomic E-state index is -3.48. The Morgan fingerprint density at radius 3 is 3.00 bits per heavy atom. The van der Waals surface area contributed by atoms with Gasteiger partial charge in [-0.3, -0.25) is 4.98 Å². The molecule has 1 aliphatic rings. The summed E-state index contributed by atoms with van der Waals surface area (Å²) in [5.41, 5.74) is 0. The molecule has 4 nitrogen and oxygen atoms in total. The van der Waals surface area contributed by atoms with E-state index in [1.165, 1.54) is 0 Å². The van der Waals surface area contributed by atoms with E-state index >= 15 is 0 Å². The lowest BCUT2D eigenvalue weighted by atomic mass is 10.0. The number of hydrogen-bond acceptors (Lipinski definition) is 3. The quantitative estimate of drug-likeness (QED) is 0.816. The number of sulfonamides is 1. The van der Waals surface area contributed by atoms with Crippen LogP contribution in [-0.4, -0.2) is 36.7 Å². The molecule has 0 N–H and O–H groups in total. The van der Waals surface area contributed by atoms with Crippen LogP contribution in [0.25, 0.3) is 10.8 Å². The summed E-state index contributed by atoms with van der Waals surface area (Å²) in [6, 6.07) is 7.06. The summed E-state index contributed by atoms with van der Waals surface area (Å²) in [7, 11) is -3.48. The van der Waals surface area contributed by atoms with Gasteiger partial charge >= 0.3 is 0 Å². The zero-order valence-electron chi connectivity index (χ0n) is 11.6. The fourth-order valence-corrected chi connectivity index (χ4v) is 4.85. The number of benzene rings is 1. The first-order valence-corrected chi connectivity index (χ1v) is 8.99. The van der Waals surface area contributed by atoms with E-state index in [2.05, 4.69) is 4.98 Å². The number of aromatic nitrogens is 1. The molecule has 2 heterocycles. The zero-order chi connectivity index (χ0) is 14.9. The van der Waals surface area contributed by atoms with Crippen molar-refractivity contribution < 1.29 is 8.42 Å². The topological polar surface area (TPSA) is 50.3 Å². The van der Waals surface area contributed by atoms with Crippen molar-refractivity contribution in [3.05, 3.63) is 36.7 Å². The summed E-state index contributed by atoms with van der Waals surface area (Å²) in [5, 5.41) is 1.56. The summed E-state index contributed by atoms with van der Waals surface area (Å²) in [5.74, 6) is 0.748. The van der Waals surface area contributed by atoms with Crippen LogP contribution in [0.4, 0.5) is 0 Å². The van der Waals surface area contributed by atoms with E-state index in [0.29, 0.717) is 23.9 Å². The third-order valence-electron chi connectivity index (χ3n) is 3.96. The van der Waals surface area contributed by atoms with E-state index in [0.717, 1.165) is 23.6 Å². The van der Waals surface area contributed by atoms with Crippen molar-refractivity contribution in [2.45, 2.75) is 17.7 Å². The van der Waals surface area contributed by atoms with Crippen LogP contribution in [0.2, 0.25) is 0 Å². The average molecular weight is 325 g/mol. The number of pyridine rings is 1. The summed E-state index contributed by atoms with van der Waals surface area (Å²) in [4.78, 5) is 4.41. The molecular weight excluding hydrogens is 308 g/mol. The molecule has 1 saturated heterocycles. The Bertz CT molecular complexity index is 743. The molecule has 3 rings (SSSR count). The summed E-state index contributed by atoms with van der Waals surface area (Å²) < 4.78 is 27.4. The van der Waals surface area contributed by atoms with Gasteiger partial charge in [0.05, 0.1) is 4.90 Å². The molecule has 1 aliphatic heterocycles. The van der Waals surface area contributed by atoms with Crippen LogP contribution in [0, 0.1) is 5.92 Å². The Labute approximate surface area is 129 Å². The smallest absolute Gasteiger partial charge is 0.243 e. The molecule has 112 valence electrons. The monoisotopic (exact) mass is 324 g/mol. The Kier molecular flexibility index (Phi) is 4.15. The van der Waals surface area contributed by atoms with E-state index in [1.54, 1.807) is 34.9 Å². The predicted octanol–water partition coefficient (Wildman–Crippen LogP) is 2.87. The van der Waals surface area contributed by atoms with Crippen LogP contribution in [0.3, 0.4) is 0 Å². The molecule has 2 aromatic rings. The molecular formula is C15H17ClN2O2S. The van der Waals surface area contributed by atoms with E-state index < -0.39 is 10.0 Å². The van der Waals surface area contributed by atoms with Gasteiger partial charge < -0.3 is 0 Å². The maximum atomic E-state index is 12.9. The van der Waals surface area contributed by atoms with Gasteiger partial charge in [-0.15, -0.1) is 11.6 Å². The predicted molar refractivity (Wildman–Crippen MR) is 83.9 cm³/mol. The van der Waals surface area contributed by atoms with Crippen molar-refractivity contribution in [1.29, 1.82) is 0 Å². The Morgan fingerprint density at radius 1 is 1.33 bits per heavy atom. The minimum absolute atomic E-state index is 0.242. The van der Waals surface area contributed by atoms with Crippen molar-refractivity contribution in [3.8, 4) is 0 Å². The standard InChI is InChI=1S/C15H17ClN2O2S/c16-9-12-3-2-8-18(11-12)21(19,20)15-5-1-4-13-10-17-7-6-14(13)15/h1,4-7,10,12H,2-3,8-9,11H2. The van der Waals surface area contributed by atoms with Gasteiger partial charge in [-0.2, -0.15) is 4.31 Å². The first-order chi connectivity index (χ1) is 10.1. The summed E-state index contributed by atoms with van der Waals surface area (Å²) in [6.45, 7) is 1.07. The van der Waals surface area contributed by atoms with Crippen molar-refractivity contribution in [3.63, 3.8) is 0 Å². The van der Waals surface area contributed by atoms with Gasteiger partial charge in [-0.05, 0) is 30.9 Å². The fraction of sp³-hybridized carbons (Fsp3) is 0.400. The van der Waals surface area contributed by atoms with E-state index in [4.69, 9.17) is 11.6 Å². The number of rotatable bonds is 3. The molecule has 1 unspecified atom stereocenters. The number of fused-ring (bicyclic) bond motifs is 1. The lowest BCUT2D eigenvalue weighted by molar-refractivity contribution is 0.284. The maximum Gasteiger partial charge on any atom is 0.243 e. The third-order valence-corrected chi connectivity index (χ3v) is 6.32. The third kappa shape index (κ3) is 2.78. The zero-order valence-corrected chi connectivity index (χ0v) is 13.1. The van der Waals surface area contributed by atoms with Crippen molar-refractivity contribution in [2.24, 2.45) is 5.92 Å². The Morgan fingerprint density at radius 2 is 2.19 bits per heavy atom. The fourth-order valence-electron chi connectivity index (χ4n) is 2.83. The maximum absolute atomic E-state index is 12.9. The van der Waals surface area contributed by atoms with E-state index in [1.807, 2.05) is 6.07 Å². The Balaban J connectivity index is 2.04. The number of piperidine rings is 1. The second-order valence-corrected chi connectivity index (χ2v) is 7.59. The van der Waals surface area contributed by atoms with Crippen LogP contribution in [0.15, 0.2) is 41.6 Å². The Hall–Kier alpha value is -1.17. The summed E-state index contributed by atoms with van der Waals surface area (Å²) >= 11 is 5.91. The van der Waals surface area contributed by atoms with E-state index in [9.17, 15) is 8.42 Å². The normalized spacial score (nSPS) is 20.7. The van der Waals surface area contributed by atoms with E-state index in [-0.39, 0.29) is 5.92 Å². The highest BCUT2D eigenvalue weighted by atomic mass is 35.5. The molecule has 0 saturated carbocycles. The first-order valence-electron chi connectivity index (χ1n) is 7.02. The molecule has 1 aromatic carbocycles. The molecule has 1 atom stereocenters.